The minimum atomic E-state index is -0.298. The molecule has 21 heavy (non-hydrogen) atoms. The van der Waals surface area contributed by atoms with Gasteiger partial charge in [-0.1, -0.05) is 24.3 Å². The molecule has 5 heteroatoms. The van der Waals surface area contributed by atoms with Crippen LogP contribution >= 0.6 is 0 Å². The molecule has 2 aromatic carbocycles. The van der Waals surface area contributed by atoms with E-state index in [0.717, 1.165) is 0 Å². The van der Waals surface area contributed by atoms with Crippen LogP contribution in [0.2, 0.25) is 0 Å². The van der Waals surface area contributed by atoms with Gasteiger partial charge in [-0.3, -0.25) is 4.79 Å². The number of para-hydroxylation sites is 3. The van der Waals surface area contributed by atoms with E-state index in [1.54, 1.807) is 54.4 Å². The van der Waals surface area contributed by atoms with Crippen molar-refractivity contribution in [1.29, 1.82) is 0 Å². The molecule has 0 unspecified atom stereocenters. The lowest BCUT2D eigenvalue weighted by atomic mass is 10.2. The summed E-state index contributed by atoms with van der Waals surface area (Å²) < 4.78 is 13.6. The van der Waals surface area contributed by atoms with Gasteiger partial charge in [0.2, 0.25) is 5.91 Å². The van der Waals surface area contributed by atoms with Crippen LogP contribution in [0.3, 0.4) is 0 Å². The Kier molecular flexibility index (Phi) is 4.77. The largest absolute Gasteiger partial charge is 0.397 e. The number of carbonyl (C=O) groups excluding carboxylic acids is 1. The Balaban J connectivity index is 1.90. The first-order valence-electron chi connectivity index (χ1n) is 6.68. The normalized spacial score (nSPS) is 10.2. The molecule has 110 valence electrons. The van der Waals surface area contributed by atoms with Crippen molar-refractivity contribution < 1.29 is 9.18 Å². The van der Waals surface area contributed by atoms with Crippen LogP contribution in [0.25, 0.3) is 0 Å². The van der Waals surface area contributed by atoms with Crippen molar-refractivity contribution >= 4 is 23.0 Å². The molecule has 3 N–H and O–H groups in total. The maximum Gasteiger partial charge on any atom is 0.226 e. The molecule has 4 nitrogen and oxygen atoms in total. The van der Waals surface area contributed by atoms with Crippen molar-refractivity contribution in [1.82, 2.24) is 0 Å². The Morgan fingerprint density at radius 2 is 1.86 bits per heavy atom. The zero-order valence-corrected chi connectivity index (χ0v) is 11.8. The van der Waals surface area contributed by atoms with E-state index in [-0.39, 0.29) is 18.1 Å². The number of rotatable bonds is 5. The summed E-state index contributed by atoms with van der Waals surface area (Å²) in [5.41, 5.74) is 7.35. The van der Waals surface area contributed by atoms with E-state index in [4.69, 9.17) is 5.73 Å². The summed E-state index contributed by atoms with van der Waals surface area (Å²) in [5.74, 6) is -0.455. The zero-order chi connectivity index (χ0) is 15.2. The number of amides is 1. The average molecular weight is 287 g/mol. The van der Waals surface area contributed by atoms with Crippen LogP contribution in [0.15, 0.2) is 48.5 Å². The fourth-order valence-corrected chi connectivity index (χ4v) is 1.97. The number of nitrogens with zero attached hydrogens (tertiary/aromatic N) is 1. The molecule has 0 radical (unpaired) electrons. The Bertz CT molecular complexity index is 630. The third kappa shape index (κ3) is 3.95. The lowest BCUT2D eigenvalue weighted by Gasteiger charge is -2.19. The van der Waals surface area contributed by atoms with E-state index in [1.165, 1.54) is 6.07 Å². The number of hydrogen-bond donors (Lipinski definition) is 2. The fraction of sp³-hybridized carbons (Fsp3) is 0.188. The highest BCUT2D eigenvalue weighted by Crippen LogP contribution is 2.18. The molecule has 0 atom stereocenters. The summed E-state index contributed by atoms with van der Waals surface area (Å²) in [6, 6.07) is 13.6. The Hall–Kier alpha value is -2.56. The predicted octanol–water partition coefficient (Wildman–Crippen LogP) is 2.87. The fourth-order valence-electron chi connectivity index (χ4n) is 1.97. The van der Waals surface area contributed by atoms with E-state index < -0.39 is 0 Å². The van der Waals surface area contributed by atoms with Gasteiger partial charge in [0.1, 0.15) is 5.82 Å². The number of halogens is 1. The smallest absolute Gasteiger partial charge is 0.226 e. The predicted molar refractivity (Wildman–Crippen MR) is 83.8 cm³/mol. The second-order valence-corrected chi connectivity index (χ2v) is 4.76. The van der Waals surface area contributed by atoms with Crippen LogP contribution in [-0.2, 0) is 4.79 Å². The van der Waals surface area contributed by atoms with Crippen LogP contribution < -0.4 is 16.0 Å². The lowest BCUT2D eigenvalue weighted by Crippen LogP contribution is -2.24. The van der Waals surface area contributed by atoms with Gasteiger partial charge in [-0.05, 0) is 24.3 Å². The SMILES string of the molecule is CN(CCC(=O)Nc1ccccc1N)c1ccccc1F. The van der Waals surface area contributed by atoms with E-state index in [0.29, 0.717) is 23.6 Å². The van der Waals surface area contributed by atoms with Gasteiger partial charge in [0.05, 0.1) is 17.1 Å². The number of nitrogens with one attached hydrogen (secondary N) is 1. The molecule has 0 spiro atoms. The summed E-state index contributed by atoms with van der Waals surface area (Å²) in [6.07, 6.45) is 0.249. The summed E-state index contributed by atoms with van der Waals surface area (Å²) in [5, 5.41) is 2.75. The number of hydrogen-bond acceptors (Lipinski definition) is 3. The molecule has 0 saturated carbocycles. The zero-order valence-electron chi connectivity index (χ0n) is 11.8. The van der Waals surface area contributed by atoms with Crippen LogP contribution in [-0.4, -0.2) is 19.5 Å². The van der Waals surface area contributed by atoms with Crippen molar-refractivity contribution in [3.8, 4) is 0 Å². The highest BCUT2D eigenvalue weighted by atomic mass is 19.1. The van der Waals surface area contributed by atoms with Gasteiger partial charge in [0.25, 0.3) is 0 Å². The van der Waals surface area contributed by atoms with Gasteiger partial charge in [0, 0.05) is 20.0 Å². The number of nitrogen functional groups attached to an aromatic ring is 1. The molecule has 0 aromatic heterocycles. The standard InChI is InChI=1S/C16H18FN3O/c1-20(15-9-5-2-6-12(15)17)11-10-16(21)19-14-8-4-3-7-13(14)18/h2-9H,10-11,18H2,1H3,(H,19,21). The maximum atomic E-state index is 13.6. The van der Waals surface area contributed by atoms with Crippen molar-refractivity contribution in [3.63, 3.8) is 0 Å². The van der Waals surface area contributed by atoms with Crippen molar-refractivity contribution in [2.75, 3.05) is 29.5 Å². The Morgan fingerprint density at radius 1 is 1.19 bits per heavy atom. The molecule has 2 rings (SSSR count). The first kappa shape index (κ1) is 14.8. The van der Waals surface area contributed by atoms with E-state index in [2.05, 4.69) is 5.32 Å². The molecule has 0 heterocycles. The minimum Gasteiger partial charge on any atom is -0.397 e. The van der Waals surface area contributed by atoms with Gasteiger partial charge in [-0.25, -0.2) is 4.39 Å². The third-order valence-corrected chi connectivity index (χ3v) is 3.17. The molecule has 1 amide bonds. The monoisotopic (exact) mass is 287 g/mol. The highest BCUT2D eigenvalue weighted by Gasteiger charge is 2.09. The maximum absolute atomic E-state index is 13.6. The highest BCUT2D eigenvalue weighted by molar-refractivity contribution is 5.94. The van der Waals surface area contributed by atoms with Gasteiger partial charge in [-0.2, -0.15) is 0 Å². The van der Waals surface area contributed by atoms with Gasteiger partial charge >= 0.3 is 0 Å². The number of anilines is 3. The van der Waals surface area contributed by atoms with Crippen molar-refractivity contribution in [3.05, 3.63) is 54.3 Å². The molecule has 0 fully saturated rings. The average Bonchev–Trinajstić information content (AvgIpc) is 2.48. The van der Waals surface area contributed by atoms with Crippen molar-refractivity contribution in [2.24, 2.45) is 0 Å². The van der Waals surface area contributed by atoms with Crippen LogP contribution in [0.1, 0.15) is 6.42 Å². The van der Waals surface area contributed by atoms with Crippen LogP contribution in [0.5, 0.6) is 0 Å². The molecule has 0 bridgehead atoms. The molecule has 0 aliphatic carbocycles. The molecule has 0 aliphatic rings. The first-order chi connectivity index (χ1) is 10.1. The minimum absolute atomic E-state index is 0.156. The topological polar surface area (TPSA) is 58.4 Å². The van der Waals surface area contributed by atoms with E-state index >= 15 is 0 Å². The quantitative estimate of drug-likeness (QED) is 0.831. The number of nitrogens with two attached hydrogens (primary N) is 1. The second-order valence-electron chi connectivity index (χ2n) is 4.76. The molecule has 2 aromatic rings. The first-order valence-corrected chi connectivity index (χ1v) is 6.68. The molecule has 0 aliphatic heterocycles. The Labute approximate surface area is 123 Å². The lowest BCUT2D eigenvalue weighted by molar-refractivity contribution is -0.116. The number of benzene rings is 2. The van der Waals surface area contributed by atoms with Crippen LogP contribution in [0, 0.1) is 5.82 Å². The number of carbonyl (C=O) groups is 1. The summed E-state index contributed by atoms with van der Waals surface area (Å²) in [4.78, 5) is 13.6. The molecular weight excluding hydrogens is 269 g/mol. The van der Waals surface area contributed by atoms with E-state index in [1.807, 2.05) is 0 Å². The summed E-state index contributed by atoms with van der Waals surface area (Å²) in [7, 11) is 1.75. The van der Waals surface area contributed by atoms with Crippen molar-refractivity contribution in [2.45, 2.75) is 6.42 Å². The third-order valence-electron chi connectivity index (χ3n) is 3.17. The summed E-state index contributed by atoms with van der Waals surface area (Å²) >= 11 is 0. The van der Waals surface area contributed by atoms with Gasteiger partial charge < -0.3 is 16.0 Å². The van der Waals surface area contributed by atoms with Gasteiger partial charge in [0.15, 0.2) is 0 Å². The second kappa shape index (κ2) is 6.74. The van der Waals surface area contributed by atoms with Gasteiger partial charge in [-0.15, -0.1) is 0 Å². The van der Waals surface area contributed by atoms with Crippen LogP contribution in [0.4, 0.5) is 21.5 Å². The molecule has 0 saturated heterocycles. The molecular formula is C16H18FN3O. The Morgan fingerprint density at radius 3 is 2.57 bits per heavy atom. The van der Waals surface area contributed by atoms with E-state index in [9.17, 15) is 9.18 Å². The summed E-state index contributed by atoms with van der Waals surface area (Å²) in [6.45, 7) is 0.416.